The molecule has 2 aliphatic heterocycles. The first kappa shape index (κ1) is 18.7. The van der Waals surface area contributed by atoms with Crippen LogP contribution in [0.15, 0.2) is 60.7 Å². The maximum absolute atomic E-state index is 12.5. The molecule has 0 unspecified atom stereocenters. The highest BCUT2D eigenvalue weighted by Gasteiger charge is 2.35. The van der Waals surface area contributed by atoms with Gasteiger partial charge in [0.1, 0.15) is 0 Å². The summed E-state index contributed by atoms with van der Waals surface area (Å²) in [6.07, 6.45) is 1.51. The van der Waals surface area contributed by atoms with Crippen LogP contribution in [0.5, 0.6) is 0 Å². The van der Waals surface area contributed by atoms with Gasteiger partial charge in [0.15, 0.2) is 0 Å². The van der Waals surface area contributed by atoms with Gasteiger partial charge in [-0.1, -0.05) is 60.7 Å². The average Bonchev–Trinajstić information content (AvgIpc) is 3.01. The molecule has 5 nitrogen and oxygen atoms in total. The van der Waals surface area contributed by atoms with Gasteiger partial charge in [0.05, 0.1) is 19.3 Å². The van der Waals surface area contributed by atoms with Crippen molar-refractivity contribution < 1.29 is 14.3 Å². The van der Waals surface area contributed by atoms with E-state index in [2.05, 4.69) is 12.1 Å². The van der Waals surface area contributed by atoms with E-state index in [9.17, 15) is 9.59 Å². The second-order valence-electron chi connectivity index (χ2n) is 7.75. The number of likely N-dealkylation sites (tertiary alicyclic amines) is 2. The average molecular weight is 378 g/mol. The highest BCUT2D eigenvalue weighted by atomic mass is 16.5. The van der Waals surface area contributed by atoms with E-state index in [-0.39, 0.29) is 24.5 Å². The van der Waals surface area contributed by atoms with Crippen molar-refractivity contribution in [2.45, 2.75) is 25.6 Å². The van der Waals surface area contributed by atoms with Crippen LogP contribution < -0.4 is 0 Å². The third-order valence-electron chi connectivity index (χ3n) is 5.52. The molecule has 28 heavy (non-hydrogen) atoms. The Kier molecular flexibility index (Phi) is 5.72. The third kappa shape index (κ3) is 4.60. The molecule has 0 aromatic heterocycles. The van der Waals surface area contributed by atoms with E-state index < -0.39 is 0 Å². The number of carbonyl (C=O) groups excluding carboxylic acids is 2. The summed E-state index contributed by atoms with van der Waals surface area (Å²) in [5.41, 5.74) is 2.38. The van der Waals surface area contributed by atoms with Crippen LogP contribution in [0, 0.1) is 5.92 Å². The summed E-state index contributed by atoms with van der Waals surface area (Å²) in [5.74, 6) is 0.404. The first-order valence-corrected chi connectivity index (χ1v) is 9.92. The smallest absolute Gasteiger partial charge is 0.242 e. The monoisotopic (exact) mass is 378 g/mol. The van der Waals surface area contributed by atoms with E-state index in [0.29, 0.717) is 38.6 Å². The molecule has 2 fully saturated rings. The molecular weight excluding hydrogens is 352 g/mol. The molecule has 0 aliphatic carbocycles. The van der Waals surface area contributed by atoms with Gasteiger partial charge in [-0.25, -0.2) is 0 Å². The lowest BCUT2D eigenvalue weighted by Gasteiger charge is -2.39. The van der Waals surface area contributed by atoms with Crippen molar-refractivity contribution in [3.05, 3.63) is 71.8 Å². The van der Waals surface area contributed by atoms with Crippen LogP contribution in [0.2, 0.25) is 0 Å². The van der Waals surface area contributed by atoms with E-state index in [1.54, 1.807) is 9.80 Å². The zero-order valence-corrected chi connectivity index (χ0v) is 16.0. The van der Waals surface area contributed by atoms with Crippen molar-refractivity contribution in [2.24, 2.45) is 5.92 Å². The van der Waals surface area contributed by atoms with Gasteiger partial charge < -0.3 is 14.5 Å². The van der Waals surface area contributed by atoms with Gasteiger partial charge >= 0.3 is 0 Å². The lowest BCUT2D eigenvalue weighted by Crippen LogP contribution is -2.57. The SMILES string of the molecule is O=C(CN1C[C@H](Cc2ccccc2)CC1=O)N1CC(OCc2ccccc2)C1. The van der Waals surface area contributed by atoms with Gasteiger partial charge in [0.25, 0.3) is 0 Å². The number of benzene rings is 2. The lowest BCUT2D eigenvalue weighted by atomic mass is 9.99. The summed E-state index contributed by atoms with van der Waals surface area (Å²) in [6, 6.07) is 20.3. The normalized spacial score (nSPS) is 19.7. The number of nitrogens with zero attached hydrogens (tertiary/aromatic N) is 2. The van der Waals surface area contributed by atoms with Crippen LogP contribution in [0.3, 0.4) is 0 Å². The Labute approximate surface area is 165 Å². The molecule has 0 spiro atoms. The standard InChI is InChI=1S/C23H26N2O3/c26-22-12-20(11-18-7-3-1-4-8-18)13-24(22)16-23(27)25-14-21(15-25)28-17-19-9-5-2-6-10-19/h1-10,20-21H,11-17H2/t20-/m1/s1. The molecule has 0 bridgehead atoms. The molecule has 146 valence electrons. The number of rotatable bonds is 7. The summed E-state index contributed by atoms with van der Waals surface area (Å²) >= 11 is 0. The maximum Gasteiger partial charge on any atom is 0.242 e. The Morgan fingerprint density at radius 3 is 2.25 bits per heavy atom. The van der Waals surface area contributed by atoms with Gasteiger partial charge in [-0.05, 0) is 23.5 Å². The fraction of sp³-hybridized carbons (Fsp3) is 0.391. The van der Waals surface area contributed by atoms with E-state index in [1.165, 1.54) is 5.56 Å². The Morgan fingerprint density at radius 1 is 0.929 bits per heavy atom. The Morgan fingerprint density at radius 2 is 1.57 bits per heavy atom. The van der Waals surface area contributed by atoms with Crippen LogP contribution in [-0.2, 0) is 27.4 Å². The Balaban J connectivity index is 1.19. The van der Waals surface area contributed by atoms with Crippen molar-refractivity contribution in [3.63, 3.8) is 0 Å². The Bertz CT molecular complexity index is 803. The minimum Gasteiger partial charge on any atom is -0.370 e. The van der Waals surface area contributed by atoms with Gasteiger partial charge in [0.2, 0.25) is 11.8 Å². The molecule has 2 heterocycles. The topological polar surface area (TPSA) is 49.9 Å². The van der Waals surface area contributed by atoms with Crippen molar-refractivity contribution in [2.75, 3.05) is 26.2 Å². The van der Waals surface area contributed by atoms with Gasteiger partial charge in [-0.2, -0.15) is 0 Å². The second kappa shape index (κ2) is 8.57. The molecule has 2 aromatic carbocycles. The molecule has 2 amide bonds. The molecule has 1 atom stereocenters. The molecule has 2 saturated heterocycles. The van der Waals surface area contributed by atoms with Crippen LogP contribution in [0.25, 0.3) is 0 Å². The van der Waals surface area contributed by atoms with Gasteiger partial charge in [-0.15, -0.1) is 0 Å². The van der Waals surface area contributed by atoms with Gasteiger partial charge in [-0.3, -0.25) is 9.59 Å². The van der Waals surface area contributed by atoms with E-state index in [0.717, 1.165) is 12.0 Å². The van der Waals surface area contributed by atoms with E-state index in [1.807, 2.05) is 48.5 Å². The Hall–Kier alpha value is -2.66. The minimum absolute atomic E-state index is 0.0215. The fourth-order valence-electron chi connectivity index (χ4n) is 3.89. The summed E-state index contributed by atoms with van der Waals surface area (Å²) in [4.78, 5) is 28.3. The van der Waals surface area contributed by atoms with Crippen molar-refractivity contribution in [3.8, 4) is 0 Å². The number of hydrogen-bond donors (Lipinski definition) is 0. The third-order valence-corrected chi connectivity index (χ3v) is 5.52. The number of carbonyl (C=O) groups is 2. The summed E-state index contributed by atoms with van der Waals surface area (Å²) in [6.45, 7) is 2.65. The largest absolute Gasteiger partial charge is 0.370 e. The van der Waals surface area contributed by atoms with Crippen LogP contribution >= 0.6 is 0 Å². The molecule has 4 rings (SSSR count). The zero-order chi connectivity index (χ0) is 19.3. The molecule has 2 aliphatic rings. The zero-order valence-electron chi connectivity index (χ0n) is 16.0. The summed E-state index contributed by atoms with van der Waals surface area (Å²) in [5, 5.41) is 0. The molecule has 0 radical (unpaired) electrons. The number of hydrogen-bond acceptors (Lipinski definition) is 3. The lowest BCUT2D eigenvalue weighted by molar-refractivity contribution is -0.149. The highest BCUT2D eigenvalue weighted by Crippen LogP contribution is 2.23. The first-order valence-electron chi connectivity index (χ1n) is 9.92. The second-order valence-corrected chi connectivity index (χ2v) is 7.75. The van der Waals surface area contributed by atoms with E-state index in [4.69, 9.17) is 4.74 Å². The number of ether oxygens (including phenoxy) is 1. The molecular formula is C23H26N2O3. The fourth-order valence-corrected chi connectivity index (χ4v) is 3.89. The first-order chi connectivity index (χ1) is 13.7. The predicted molar refractivity (Wildman–Crippen MR) is 106 cm³/mol. The van der Waals surface area contributed by atoms with Crippen LogP contribution in [-0.4, -0.2) is 53.9 Å². The minimum atomic E-state index is 0.0215. The quantitative estimate of drug-likeness (QED) is 0.744. The summed E-state index contributed by atoms with van der Waals surface area (Å²) < 4.78 is 5.84. The van der Waals surface area contributed by atoms with Crippen molar-refractivity contribution in [1.29, 1.82) is 0 Å². The van der Waals surface area contributed by atoms with Crippen molar-refractivity contribution in [1.82, 2.24) is 9.80 Å². The molecule has 2 aromatic rings. The maximum atomic E-state index is 12.5. The number of amides is 2. The molecule has 0 saturated carbocycles. The summed E-state index contributed by atoms with van der Waals surface area (Å²) in [7, 11) is 0. The van der Waals surface area contributed by atoms with E-state index >= 15 is 0 Å². The molecule has 0 N–H and O–H groups in total. The van der Waals surface area contributed by atoms with Crippen molar-refractivity contribution >= 4 is 11.8 Å². The van der Waals surface area contributed by atoms with Gasteiger partial charge in [0, 0.05) is 26.1 Å². The molecule has 5 heteroatoms. The van der Waals surface area contributed by atoms with Crippen LogP contribution in [0.4, 0.5) is 0 Å². The predicted octanol–water partition coefficient (Wildman–Crippen LogP) is 2.51. The van der Waals surface area contributed by atoms with Crippen LogP contribution in [0.1, 0.15) is 17.5 Å². The highest BCUT2D eigenvalue weighted by molar-refractivity contribution is 5.86.